The maximum absolute atomic E-state index is 13.6. The van der Waals surface area contributed by atoms with Gasteiger partial charge in [0.05, 0.1) is 13.2 Å². The SMILES string of the molecule is CCN(Cc1c(F)cccc1F)C(=O)C1=CCCCO1. The van der Waals surface area contributed by atoms with E-state index in [0.29, 0.717) is 13.2 Å². The fraction of sp³-hybridized carbons (Fsp3) is 0.400. The lowest BCUT2D eigenvalue weighted by Gasteiger charge is -2.24. The highest BCUT2D eigenvalue weighted by Gasteiger charge is 2.22. The van der Waals surface area contributed by atoms with Crippen molar-refractivity contribution in [2.24, 2.45) is 0 Å². The predicted molar refractivity (Wildman–Crippen MR) is 70.7 cm³/mol. The average molecular weight is 281 g/mol. The van der Waals surface area contributed by atoms with Crippen molar-refractivity contribution in [3.05, 3.63) is 47.2 Å². The van der Waals surface area contributed by atoms with E-state index in [9.17, 15) is 13.6 Å². The summed E-state index contributed by atoms with van der Waals surface area (Å²) >= 11 is 0. The number of ether oxygens (including phenoxy) is 1. The number of allylic oxidation sites excluding steroid dienone is 1. The zero-order valence-corrected chi connectivity index (χ0v) is 11.4. The van der Waals surface area contributed by atoms with Gasteiger partial charge in [0.25, 0.3) is 5.91 Å². The highest BCUT2D eigenvalue weighted by atomic mass is 19.1. The molecule has 1 amide bonds. The van der Waals surface area contributed by atoms with Crippen LogP contribution in [0, 0.1) is 11.6 Å². The topological polar surface area (TPSA) is 29.5 Å². The van der Waals surface area contributed by atoms with E-state index in [1.807, 2.05) is 0 Å². The number of carbonyl (C=O) groups is 1. The lowest BCUT2D eigenvalue weighted by Crippen LogP contribution is -2.33. The lowest BCUT2D eigenvalue weighted by atomic mass is 10.1. The molecule has 2 rings (SSSR count). The van der Waals surface area contributed by atoms with Gasteiger partial charge in [-0.25, -0.2) is 8.78 Å². The Balaban J connectivity index is 2.16. The minimum absolute atomic E-state index is 0.0980. The number of likely N-dealkylation sites (N-methyl/N-ethyl adjacent to an activating group) is 1. The Morgan fingerprint density at radius 3 is 2.60 bits per heavy atom. The standard InChI is InChI=1S/C15H17F2NO2/c1-2-18(15(19)14-8-3-4-9-20-14)10-11-12(16)6-5-7-13(11)17/h5-8H,2-4,9-10H2,1H3. The Bertz CT molecular complexity index is 508. The quantitative estimate of drug-likeness (QED) is 0.849. The van der Waals surface area contributed by atoms with E-state index in [-0.39, 0.29) is 23.8 Å². The Kier molecular flexibility index (Phi) is 4.71. The van der Waals surface area contributed by atoms with Gasteiger partial charge in [-0.3, -0.25) is 4.79 Å². The lowest BCUT2D eigenvalue weighted by molar-refractivity contribution is -0.131. The van der Waals surface area contributed by atoms with E-state index >= 15 is 0 Å². The van der Waals surface area contributed by atoms with E-state index in [2.05, 4.69) is 0 Å². The van der Waals surface area contributed by atoms with Crippen LogP contribution in [0.4, 0.5) is 8.78 Å². The van der Waals surface area contributed by atoms with Crippen LogP contribution in [0.3, 0.4) is 0 Å². The number of nitrogens with zero attached hydrogens (tertiary/aromatic N) is 1. The third-order valence-electron chi connectivity index (χ3n) is 3.23. The molecule has 5 heteroatoms. The largest absolute Gasteiger partial charge is 0.488 e. The highest BCUT2D eigenvalue weighted by Crippen LogP contribution is 2.18. The average Bonchev–Trinajstić information content (AvgIpc) is 2.47. The molecule has 1 aromatic carbocycles. The third-order valence-corrected chi connectivity index (χ3v) is 3.23. The summed E-state index contributed by atoms with van der Waals surface area (Å²) in [7, 11) is 0. The van der Waals surface area contributed by atoms with Crippen molar-refractivity contribution in [2.45, 2.75) is 26.3 Å². The van der Waals surface area contributed by atoms with Crippen LogP contribution in [0.2, 0.25) is 0 Å². The molecule has 0 unspecified atom stereocenters. The molecule has 3 nitrogen and oxygen atoms in total. The van der Waals surface area contributed by atoms with Gasteiger partial charge in [-0.05, 0) is 38.0 Å². The van der Waals surface area contributed by atoms with Gasteiger partial charge >= 0.3 is 0 Å². The first-order valence-corrected chi connectivity index (χ1v) is 6.68. The van der Waals surface area contributed by atoms with Crippen LogP contribution >= 0.6 is 0 Å². The molecule has 0 N–H and O–H groups in total. The molecule has 20 heavy (non-hydrogen) atoms. The molecule has 0 spiro atoms. The van der Waals surface area contributed by atoms with Gasteiger partial charge in [-0.15, -0.1) is 0 Å². The molecule has 0 bridgehead atoms. The molecule has 108 valence electrons. The summed E-state index contributed by atoms with van der Waals surface area (Å²) in [5.74, 6) is -1.34. The van der Waals surface area contributed by atoms with Gasteiger partial charge < -0.3 is 9.64 Å². The fourth-order valence-corrected chi connectivity index (χ4v) is 2.06. The van der Waals surface area contributed by atoms with Crippen molar-refractivity contribution in [3.8, 4) is 0 Å². The van der Waals surface area contributed by atoms with Gasteiger partial charge in [0.15, 0.2) is 5.76 Å². The van der Waals surface area contributed by atoms with Crippen molar-refractivity contribution in [1.82, 2.24) is 4.90 Å². The van der Waals surface area contributed by atoms with Gasteiger partial charge in [0, 0.05) is 12.1 Å². The van der Waals surface area contributed by atoms with Crippen molar-refractivity contribution >= 4 is 5.91 Å². The summed E-state index contributed by atoms with van der Waals surface area (Å²) in [6.07, 6.45) is 3.39. The number of rotatable bonds is 4. The molecule has 1 aliphatic rings. The first kappa shape index (κ1) is 14.5. The smallest absolute Gasteiger partial charge is 0.288 e. The van der Waals surface area contributed by atoms with Crippen molar-refractivity contribution < 1.29 is 18.3 Å². The van der Waals surface area contributed by atoms with Gasteiger partial charge in [-0.1, -0.05) is 6.07 Å². The molecular weight excluding hydrogens is 264 g/mol. The zero-order valence-electron chi connectivity index (χ0n) is 11.4. The van der Waals surface area contributed by atoms with E-state index in [1.165, 1.54) is 23.1 Å². The van der Waals surface area contributed by atoms with E-state index in [1.54, 1.807) is 13.0 Å². The van der Waals surface area contributed by atoms with E-state index in [0.717, 1.165) is 12.8 Å². The van der Waals surface area contributed by atoms with Crippen LogP contribution in [-0.2, 0) is 16.1 Å². The fourth-order valence-electron chi connectivity index (χ4n) is 2.06. The Labute approximate surface area is 116 Å². The van der Waals surface area contributed by atoms with Crippen LogP contribution in [0.5, 0.6) is 0 Å². The van der Waals surface area contributed by atoms with Crippen LogP contribution < -0.4 is 0 Å². The summed E-state index contributed by atoms with van der Waals surface area (Å²) in [6.45, 7) is 2.52. The van der Waals surface area contributed by atoms with Crippen LogP contribution in [0.25, 0.3) is 0 Å². The molecule has 0 saturated carbocycles. The van der Waals surface area contributed by atoms with Gasteiger partial charge in [0.2, 0.25) is 0 Å². The Morgan fingerprint density at radius 2 is 2.05 bits per heavy atom. The summed E-state index contributed by atoms with van der Waals surface area (Å²) in [6, 6.07) is 3.68. The number of hydrogen-bond acceptors (Lipinski definition) is 2. The number of carbonyl (C=O) groups excluding carboxylic acids is 1. The van der Waals surface area contributed by atoms with Crippen LogP contribution in [0.15, 0.2) is 30.0 Å². The molecule has 1 aromatic rings. The zero-order chi connectivity index (χ0) is 14.5. The third kappa shape index (κ3) is 3.15. The molecule has 0 fully saturated rings. The predicted octanol–water partition coefficient (Wildman–Crippen LogP) is 3.01. The van der Waals surface area contributed by atoms with Crippen LogP contribution in [-0.4, -0.2) is 24.0 Å². The maximum atomic E-state index is 13.6. The molecule has 0 aromatic heterocycles. The monoisotopic (exact) mass is 281 g/mol. The second kappa shape index (κ2) is 6.50. The Morgan fingerprint density at radius 1 is 1.35 bits per heavy atom. The summed E-state index contributed by atoms with van der Waals surface area (Å²) in [4.78, 5) is 13.6. The second-order valence-corrected chi connectivity index (χ2v) is 4.58. The highest BCUT2D eigenvalue weighted by molar-refractivity contribution is 5.91. The first-order chi connectivity index (χ1) is 9.63. The van der Waals surface area contributed by atoms with Crippen molar-refractivity contribution in [3.63, 3.8) is 0 Å². The molecule has 0 saturated heterocycles. The van der Waals surface area contributed by atoms with Crippen molar-refractivity contribution in [1.29, 1.82) is 0 Å². The number of halogens is 2. The number of amides is 1. The van der Waals surface area contributed by atoms with Gasteiger partial charge in [-0.2, -0.15) is 0 Å². The molecular formula is C15H17F2NO2. The van der Waals surface area contributed by atoms with E-state index < -0.39 is 11.6 Å². The Hall–Kier alpha value is -1.91. The molecule has 0 aliphatic carbocycles. The molecule has 1 heterocycles. The molecule has 0 atom stereocenters. The van der Waals surface area contributed by atoms with Crippen LogP contribution in [0.1, 0.15) is 25.3 Å². The maximum Gasteiger partial charge on any atom is 0.288 e. The summed E-state index contributed by atoms with van der Waals surface area (Å²) < 4.78 is 32.6. The summed E-state index contributed by atoms with van der Waals surface area (Å²) in [5.41, 5.74) is -0.0980. The minimum Gasteiger partial charge on any atom is -0.488 e. The molecule has 1 aliphatic heterocycles. The second-order valence-electron chi connectivity index (χ2n) is 4.58. The summed E-state index contributed by atoms with van der Waals surface area (Å²) in [5, 5.41) is 0. The first-order valence-electron chi connectivity index (χ1n) is 6.68. The van der Waals surface area contributed by atoms with E-state index in [4.69, 9.17) is 4.74 Å². The van der Waals surface area contributed by atoms with Crippen molar-refractivity contribution in [2.75, 3.05) is 13.2 Å². The molecule has 0 radical (unpaired) electrons. The number of benzene rings is 1. The normalized spacial score (nSPS) is 14.4. The number of hydrogen-bond donors (Lipinski definition) is 0. The minimum atomic E-state index is -0.644. The van der Waals surface area contributed by atoms with Gasteiger partial charge in [0.1, 0.15) is 11.6 Å².